The molecule has 0 spiro atoms. The number of anilines is 2. The molecule has 2 aliphatic heterocycles. The molecule has 6 nitrogen and oxygen atoms in total. The smallest absolute Gasteiger partial charge is 0.193 e. The van der Waals surface area contributed by atoms with E-state index in [0.29, 0.717) is 35.9 Å². The van der Waals surface area contributed by atoms with E-state index in [1.807, 2.05) is 55.1 Å². The van der Waals surface area contributed by atoms with Crippen molar-refractivity contribution in [2.45, 2.75) is 25.8 Å². The van der Waals surface area contributed by atoms with Gasteiger partial charge in [-0.05, 0) is 25.5 Å². The van der Waals surface area contributed by atoms with Crippen molar-refractivity contribution >= 4 is 23.0 Å². The highest BCUT2D eigenvalue weighted by Gasteiger charge is 2.50. The van der Waals surface area contributed by atoms with Gasteiger partial charge in [0.1, 0.15) is 22.9 Å². The summed E-state index contributed by atoms with van der Waals surface area (Å²) in [6.07, 6.45) is 2.39. The van der Waals surface area contributed by atoms with Crippen molar-refractivity contribution in [3.05, 3.63) is 72.0 Å². The Morgan fingerprint density at radius 1 is 1.16 bits per heavy atom. The Morgan fingerprint density at radius 3 is 2.45 bits per heavy atom. The summed E-state index contributed by atoms with van der Waals surface area (Å²) in [7, 11) is 3.22. The molecule has 0 saturated carbocycles. The fraction of sp³-hybridized carbons (Fsp3) is 0.280. The van der Waals surface area contributed by atoms with E-state index in [-0.39, 0.29) is 5.78 Å². The van der Waals surface area contributed by atoms with Crippen LogP contribution in [0.3, 0.4) is 0 Å². The summed E-state index contributed by atoms with van der Waals surface area (Å²) in [6.45, 7) is 8.04. The topological polar surface area (TPSA) is 63.2 Å². The zero-order valence-electron chi connectivity index (χ0n) is 18.4. The van der Waals surface area contributed by atoms with Crippen molar-refractivity contribution in [1.82, 2.24) is 0 Å². The number of hydrogen-bond donors (Lipinski definition) is 1. The highest BCUT2D eigenvalue weighted by Crippen LogP contribution is 2.42. The van der Waals surface area contributed by atoms with E-state index in [0.717, 1.165) is 17.1 Å². The standard InChI is InChI=1S/C25H27N3O3/c1-6-11-26-24-22(21-12-16-9-7-8-10-20(16)27-21)23(29)25(2,3)28(24)17-13-18(30-4)15-19(14-17)31-5/h6-10,13-15,27H,1,11-12H2,2-5H3. The molecule has 0 bridgehead atoms. The van der Waals surface area contributed by atoms with Crippen LogP contribution in [0.1, 0.15) is 19.4 Å². The predicted octanol–water partition coefficient (Wildman–Crippen LogP) is 4.38. The zero-order chi connectivity index (χ0) is 22.2. The van der Waals surface area contributed by atoms with Crippen LogP contribution in [0.5, 0.6) is 11.5 Å². The summed E-state index contributed by atoms with van der Waals surface area (Å²) in [6, 6.07) is 13.7. The van der Waals surface area contributed by atoms with Crippen molar-refractivity contribution in [2.75, 3.05) is 31.0 Å². The number of amidine groups is 1. The van der Waals surface area contributed by atoms with Crippen LogP contribution in [0.4, 0.5) is 11.4 Å². The second-order valence-corrected chi connectivity index (χ2v) is 8.06. The molecule has 2 aliphatic rings. The number of fused-ring (bicyclic) bond motifs is 1. The Labute approximate surface area is 182 Å². The van der Waals surface area contributed by atoms with Crippen molar-refractivity contribution in [1.29, 1.82) is 0 Å². The van der Waals surface area contributed by atoms with Crippen LogP contribution in [0, 0.1) is 0 Å². The van der Waals surface area contributed by atoms with E-state index in [1.54, 1.807) is 20.3 Å². The zero-order valence-corrected chi connectivity index (χ0v) is 18.4. The number of nitrogens with one attached hydrogen (secondary N) is 1. The Morgan fingerprint density at radius 2 is 1.84 bits per heavy atom. The Kier molecular flexibility index (Phi) is 5.31. The number of ketones is 1. The second-order valence-electron chi connectivity index (χ2n) is 8.06. The van der Waals surface area contributed by atoms with Gasteiger partial charge in [0.25, 0.3) is 0 Å². The lowest BCUT2D eigenvalue weighted by atomic mass is 9.96. The lowest BCUT2D eigenvalue weighted by Gasteiger charge is -2.32. The van der Waals surface area contributed by atoms with Gasteiger partial charge in [0, 0.05) is 36.0 Å². The monoisotopic (exact) mass is 417 g/mol. The number of allylic oxidation sites excluding steroid dienone is 1. The van der Waals surface area contributed by atoms with Gasteiger partial charge in [-0.3, -0.25) is 9.79 Å². The molecule has 2 aromatic rings. The molecule has 1 saturated heterocycles. The minimum atomic E-state index is -0.837. The molecule has 0 aromatic heterocycles. The van der Waals surface area contributed by atoms with Crippen molar-refractivity contribution < 1.29 is 14.3 Å². The van der Waals surface area contributed by atoms with Gasteiger partial charge in [-0.15, -0.1) is 6.58 Å². The highest BCUT2D eigenvalue weighted by molar-refractivity contribution is 6.37. The van der Waals surface area contributed by atoms with E-state index < -0.39 is 5.54 Å². The second kappa shape index (κ2) is 7.95. The predicted molar refractivity (Wildman–Crippen MR) is 124 cm³/mol. The summed E-state index contributed by atoms with van der Waals surface area (Å²) in [4.78, 5) is 20.5. The maximum atomic E-state index is 13.7. The first-order valence-corrected chi connectivity index (χ1v) is 10.2. The van der Waals surface area contributed by atoms with Crippen LogP contribution >= 0.6 is 0 Å². The molecule has 160 valence electrons. The third kappa shape index (κ3) is 3.48. The molecule has 2 aromatic carbocycles. The van der Waals surface area contributed by atoms with Crippen molar-refractivity contribution in [2.24, 2.45) is 4.99 Å². The van der Waals surface area contributed by atoms with Crippen molar-refractivity contribution in [3.63, 3.8) is 0 Å². The minimum absolute atomic E-state index is 0.0207. The number of carbonyl (C=O) groups is 1. The molecule has 0 amide bonds. The lowest BCUT2D eigenvalue weighted by Crippen LogP contribution is -2.44. The molecule has 0 radical (unpaired) electrons. The third-order valence-corrected chi connectivity index (χ3v) is 5.71. The fourth-order valence-electron chi connectivity index (χ4n) is 4.17. The maximum absolute atomic E-state index is 13.7. The lowest BCUT2D eigenvalue weighted by molar-refractivity contribution is -0.118. The van der Waals surface area contributed by atoms with Crippen LogP contribution in [-0.4, -0.2) is 37.9 Å². The van der Waals surface area contributed by atoms with Crippen LogP contribution in [0.25, 0.3) is 0 Å². The van der Waals surface area contributed by atoms with Gasteiger partial charge in [-0.1, -0.05) is 24.3 Å². The van der Waals surface area contributed by atoms with Gasteiger partial charge in [0.2, 0.25) is 0 Å². The van der Waals surface area contributed by atoms with E-state index in [9.17, 15) is 4.79 Å². The molecule has 0 unspecified atom stereocenters. The summed E-state index contributed by atoms with van der Waals surface area (Å²) >= 11 is 0. The van der Waals surface area contributed by atoms with Gasteiger partial charge in [0.05, 0.1) is 32.0 Å². The largest absolute Gasteiger partial charge is 0.497 e. The Bertz CT molecular complexity index is 1070. The van der Waals surface area contributed by atoms with E-state index in [2.05, 4.69) is 18.0 Å². The van der Waals surface area contributed by atoms with E-state index in [1.165, 1.54) is 5.56 Å². The summed E-state index contributed by atoms with van der Waals surface area (Å²) in [5, 5.41) is 3.44. The number of ether oxygens (including phenoxy) is 2. The molecular weight excluding hydrogens is 390 g/mol. The van der Waals surface area contributed by atoms with Crippen LogP contribution in [0.15, 0.2) is 71.4 Å². The molecule has 2 heterocycles. The molecule has 1 fully saturated rings. The summed E-state index contributed by atoms with van der Waals surface area (Å²) < 4.78 is 10.9. The minimum Gasteiger partial charge on any atom is -0.497 e. The van der Waals surface area contributed by atoms with Crippen LogP contribution < -0.4 is 19.7 Å². The average Bonchev–Trinajstić information content (AvgIpc) is 3.28. The van der Waals surface area contributed by atoms with E-state index >= 15 is 0 Å². The van der Waals surface area contributed by atoms with Gasteiger partial charge >= 0.3 is 0 Å². The Hall–Kier alpha value is -3.54. The van der Waals surface area contributed by atoms with Crippen molar-refractivity contribution in [3.8, 4) is 11.5 Å². The molecule has 0 aliphatic carbocycles. The number of methoxy groups -OCH3 is 2. The maximum Gasteiger partial charge on any atom is 0.193 e. The number of carbonyl (C=O) groups excluding carboxylic acids is 1. The van der Waals surface area contributed by atoms with Gasteiger partial charge < -0.3 is 19.7 Å². The number of hydrogen-bond acceptors (Lipinski definition) is 5. The normalized spacial score (nSPS) is 20.6. The summed E-state index contributed by atoms with van der Waals surface area (Å²) in [5.41, 5.74) is 3.63. The molecule has 6 heteroatoms. The average molecular weight is 418 g/mol. The third-order valence-electron chi connectivity index (χ3n) is 5.71. The van der Waals surface area contributed by atoms with Crippen LogP contribution in [0.2, 0.25) is 0 Å². The van der Waals surface area contributed by atoms with Gasteiger partial charge in [-0.25, -0.2) is 0 Å². The Balaban J connectivity index is 1.90. The molecule has 31 heavy (non-hydrogen) atoms. The van der Waals surface area contributed by atoms with Gasteiger partial charge in [0.15, 0.2) is 5.78 Å². The van der Waals surface area contributed by atoms with E-state index in [4.69, 9.17) is 14.5 Å². The molecule has 1 N–H and O–H groups in total. The molecular formula is C25H27N3O3. The number of nitrogens with zero attached hydrogens (tertiary/aromatic N) is 2. The molecule has 0 atom stereocenters. The molecule has 4 rings (SSSR count). The number of Topliss-reactive ketones (excluding diaryl/α,β-unsaturated/α-hetero) is 1. The van der Waals surface area contributed by atoms with Crippen LogP contribution in [-0.2, 0) is 11.2 Å². The highest BCUT2D eigenvalue weighted by atomic mass is 16.5. The first-order chi connectivity index (χ1) is 14.9. The first kappa shape index (κ1) is 20.7. The number of rotatable bonds is 5. The first-order valence-electron chi connectivity index (χ1n) is 10.2. The summed E-state index contributed by atoms with van der Waals surface area (Å²) in [5.74, 6) is 1.94. The SMILES string of the molecule is C=CCN=C1C(=C2Cc3ccccc3N2)C(=O)C(C)(C)N1c1cc(OC)cc(OC)c1. The number of para-hydroxylation sites is 1. The fourth-order valence-corrected chi connectivity index (χ4v) is 4.17. The quantitative estimate of drug-likeness (QED) is 0.578. The number of benzene rings is 2. The van der Waals surface area contributed by atoms with Gasteiger partial charge in [-0.2, -0.15) is 0 Å². The number of aliphatic imine (C=N–C) groups is 1.